The van der Waals surface area contributed by atoms with E-state index in [0.29, 0.717) is 10.9 Å². The van der Waals surface area contributed by atoms with Crippen molar-refractivity contribution >= 4 is 23.2 Å². The molecule has 90 valence electrons. The quantitative estimate of drug-likeness (QED) is 0.493. The van der Waals surface area contributed by atoms with Gasteiger partial charge in [-0.2, -0.15) is 0 Å². The van der Waals surface area contributed by atoms with Gasteiger partial charge in [0.2, 0.25) is 0 Å². The minimum absolute atomic E-state index is 0.435. The summed E-state index contributed by atoms with van der Waals surface area (Å²) in [4.78, 5) is 0. The van der Waals surface area contributed by atoms with Gasteiger partial charge in [-0.15, -0.1) is 11.6 Å². The van der Waals surface area contributed by atoms with E-state index in [1.807, 2.05) is 18.2 Å². The average molecular weight is 261 g/mol. The minimum Gasteiger partial charge on any atom is -0.493 e. The van der Waals surface area contributed by atoms with Crippen LogP contribution in [0.25, 0.3) is 0 Å². The number of ether oxygens (including phenoxy) is 1. The van der Waals surface area contributed by atoms with Crippen molar-refractivity contribution in [2.45, 2.75) is 38.5 Å². The van der Waals surface area contributed by atoms with Crippen molar-refractivity contribution in [2.24, 2.45) is 0 Å². The van der Waals surface area contributed by atoms with Crippen LogP contribution in [0.3, 0.4) is 0 Å². The largest absolute Gasteiger partial charge is 0.493 e. The summed E-state index contributed by atoms with van der Waals surface area (Å²) < 4.78 is 5.69. The highest BCUT2D eigenvalue weighted by molar-refractivity contribution is 6.30. The number of hydrogen-bond donors (Lipinski definition) is 0. The molecule has 0 aromatic heterocycles. The number of rotatable bonds is 7. The van der Waals surface area contributed by atoms with Gasteiger partial charge in [0.05, 0.1) is 12.5 Å². The molecule has 0 saturated heterocycles. The van der Waals surface area contributed by atoms with Gasteiger partial charge in [0.15, 0.2) is 0 Å². The van der Waals surface area contributed by atoms with Gasteiger partial charge in [-0.3, -0.25) is 0 Å². The first-order chi connectivity index (χ1) is 7.77. The highest BCUT2D eigenvalue weighted by atomic mass is 35.5. The molecule has 1 aromatic carbocycles. The Morgan fingerprint density at radius 1 is 1.19 bits per heavy atom. The van der Waals surface area contributed by atoms with Crippen LogP contribution in [0.4, 0.5) is 0 Å². The Balaban J connectivity index is 2.41. The smallest absolute Gasteiger partial charge is 0.123 e. The predicted octanol–water partition coefficient (Wildman–Crippen LogP) is 5.04. The molecule has 1 rings (SSSR count). The molecule has 1 nitrogen and oxygen atoms in total. The Kier molecular flexibility index (Phi) is 6.67. The molecule has 0 bridgehead atoms. The van der Waals surface area contributed by atoms with Crippen LogP contribution in [-0.2, 0) is 5.88 Å². The van der Waals surface area contributed by atoms with E-state index in [0.717, 1.165) is 24.3 Å². The Bertz CT molecular complexity index is 313. The number of alkyl halides is 1. The summed E-state index contributed by atoms with van der Waals surface area (Å²) >= 11 is 11.7. The molecule has 16 heavy (non-hydrogen) atoms. The average Bonchev–Trinajstić information content (AvgIpc) is 2.30. The molecule has 1 aromatic rings. The fourth-order valence-corrected chi connectivity index (χ4v) is 1.91. The standard InChI is InChI=1S/C13H18Cl2O/c1-2-3-4-5-8-16-13-7-6-12(15)9-11(13)10-14/h6-7,9H,2-5,8,10H2,1H3. The van der Waals surface area contributed by atoms with Crippen molar-refractivity contribution in [3.05, 3.63) is 28.8 Å². The Morgan fingerprint density at radius 3 is 2.69 bits per heavy atom. The lowest BCUT2D eigenvalue weighted by molar-refractivity contribution is 0.303. The molecule has 0 N–H and O–H groups in total. The second-order valence-corrected chi connectivity index (χ2v) is 4.50. The first-order valence-electron chi connectivity index (χ1n) is 5.75. The molecule has 0 aliphatic heterocycles. The minimum atomic E-state index is 0.435. The molecular weight excluding hydrogens is 243 g/mol. The van der Waals surface area contributed by atoms with E-state index in [2.05, 4.69) is 6.92 Å². The third kappa shape index (κ3) is 4.63. The molecule has 0 atom stereocenters. The van der Waals surface area contributed by atoms with Gasteiger partial charge >= 0.3 is 0 Å². The maximum atomic E-state index is 5.88. The number of unbranched alkanes of at least 4 members (excludes halogenated alkanes) is 3. The molecule has 0 radical (unpaired) electrons. The van der Waals surface area contributed by atoms with E-state index in [9.17, 15) is 0 Å². The lowest BCUT2D eigenvalue weighted by Gasteiger charge is -2.10. The van der Waals surface area contributed by atoms with Gasteiger partial charge in [-0.1, -0.05) is 37.8 Å². The summed E-state index contributed by atoms with van der Waals surface area (Å²) in [5.41, 5.74) is 0.963. The van der Waals surface area contributed by atoms with Crippen molar-refractivity contribution in [3.8, 4) is 5.75 Å². The van der Waals surface area contributed by atoms with Crippen LogP contribution in [0, 0.1) is 0 Å². The molecule has 0 aliphatic carbocycles. The van der Waals surface area contributed by atoms with Crippen LogP contribution in [0.5, 0.6) is 5.75 Å². The van der Waals surface area contributed by atoms with Gasteiger partial charge in [-0.05, 0) is 24.6 Å². The number of benzene rings is 1. The summed E-state index contributed by atoms with van der Waals surface area (Å²) in [5.74, 6) is 1.29. The van der Waals surface area contributed by atoms with Crippen LogP contribution < -0.4 is 4.74 Å². The van der Waals surface area contributed by atoms with E-state index in [1.165, 1.54) is 19.3 Å². The summed E-state index contributed by atoms with van der Waals surface area (Å²) in [5, 5.41) is 0.703. The first-order valence-corrected chi connectivity index (χ1v) is 6.66. The van der Waals surface area contributed by atoms with Gasteiger partial charge in [-0.25, -0.2) is 0 Å². The second-order valence-electron chi connectivity index (χ2n) is 3.79. The fourth-order valence-electron chi connectivity index (χ4n) is 1.50. The van der Waals surface area contributed by atoms with Crippen LogP contribution in [0.15, 0.2) is 18.2 Å². The molecule has 0 saturated carbocycles. The van der Waals surface area contributed by atoms with Crippen LogP contribution >= 0.6 is 23.2 Å². The van der Waals surface area contributed by atoms with Crippen molar-refractivity contribution < 1.29 is 4.74 Å². The zero-order chi connectivity index (χ0) is 11.8. The van der Waals surface area contributed by atoms with Gasteiger partial charge in [0, 0.05) is 10.6 Å². The second kappa shape index (κ2) is 7.81. The molecule has 3 heteroatoms. The summed E-state index contributed by atoms with van der Waals surface area (Å²) in [7, 11) is 0. The Morgan fingerprint density at radius 2 is 2.00 bits per heavy atom. The highest BCUT2D eigenvalue weighted by Gasteiger charge is 2.03. The maximum absolute atomic E-state index is 5.88. The van der Waals surface area contributed by atoms with Crippen LogP contribution in [0.1, 0.15) is 38.2 Å². The Hall–Kier alpha value is -0.400. The van der Waals surface area contributed by atoms with Crippen molar-refractivity contribution in [1.29, 1.82) is 0 Å². The molecule has 0 fully saturated rings. The molecule has 0 unspecified atom stereocenters. The highest BCUT2D eigenvalue weighted by Crippen LogP contribution is 2.24. The lowest BCUT2D eigenvalue weighted by atomic mass is 10.2. The van der Waals surface area contributed by atoms with Crippen LogP contribution in [-0.4, -0.2) is 6.61 Å². The maximum Gasteiger partial charge on any atom is 0.123 e. The lowest BCUT2D eigenvalue weighted by Crippen LogP contribution is -1.99. The zero-order valence-corrected chi connectivity index (χ0v) is 11.2. The number of hydrogen-bond acceptors (Lipinski definition) is 1. The number of halogens is 2. The summed E-state index contributed by atoms with van der Waals surface area (Å²) in [6, 6.07) is 5.58. The third-order valence-corrected chi connectivity index (χ3v) is 2.94. The van der Waals surface area contributed by atoms with E-state index in [4.69, 9.17) is 27.9 Å². The van der Waals surface area contributed by atoms with Gasteiger partial charge in [0.25, 0.3) is 0 Å². The third-order valence-electron chi connectivity index (χ3n) is 2.42. The topological polar surface area (TPSA) is 9.23 Å². The normalized spacial score (nSPS) is 10.4. The van der Waals surface area contributed by atoms with Gasteiger partial charge < -0.3 is 4.74 Å². The SMILES string of the molecule is CCCCCCOc1ccc(Cl)cc1CCl. The predicted molar refractivity (Wildman–Crippen MR) is 70.6 cm³/mol. The van der Waals surface area contributed by atoms with Crippen molar-refractivity contribution in [2.75, 3.05) is 6.61 Å². The van der Waals surface area contributed by atoms with E-state index >= 15 is 0 Å². The van der Waals surface area contributed by atoms with Crippen LogP contribution in [0.2, 0.25) is 5.02 Å². The fraction of sp³-hybridized carbons (Fsp3) is 0.538. The van der Waals surface area contributed by atoms with E-state index < -0.39 is 0 Å². The monoisotopic (exact) mass is 260 g/mol. The summed E-state index contributed by atoms with van der Waals surface area (Å²) in [6.45, 7) is 2.96. The van der Waals surface area contributed by atoms with Crippen molar-refractivity contribution in [1.82, 2.24) is 0 Å². The first kappa shape index (κ1) is 13.7. The van der Waals surface area contributed by atoms with Gasteiger partial charge in [0.1, 0.15) is 5.75 Å². The molecule has 0 heterocycles. The molecular formula is C13H18Cl2O. The van der Waals surface area contributed by atoms with Crippen molar-refractivity contribution in [3.63, 3.8) is 0 Å². The zero-order valence-electron chi connectivity index (χ0n) is 9.64. The Labute approximate surface area is 108 Å². The molecule has 0 amide bonds. The summed E-state index contributed by atoms with van der Waals surface area (Å²) in [6.07, 6.45) is 4.83. The molecule has 0 spiro atoms. The molecule has 0 aliphatic rings. The van der Waals surface area contributed by atoms with E-state index in [-0.39, 0.29) is 0 Å². The van der Waals surface area contributed by atoms with E-state index in [1.54, 1.807) is 0 Å².